The summed E-state index contributed by atoms with van der Waals surface area (Å²) in [6, 6.07) is 6.03. The molecule has 0 saturated heterocycles. The van der Waals surface area contributed by atoms with Crippen LogP contribution in [0.2, 0.25) is 0 Å². The first-order valence-corrected chi connectivity index (χ1v) is 4.61. The molecule has 0 aromatic heterocycles. The Bertz CT molecular complexity index is 278. The molecule has 1 N–H and O–H groups in total. The molecule has 1 rings (SSSR count). The fourth-order valence-corrected chi connectivity index (χ4v) is 1.23. The minimum absolute atomic E-state index is 0.225. The topological polar surface area (TPSA) is 54.4 Å². The van der Waals surface area contributed by atoms with Crippen molar-refractivity contribution in [2.75, 3.05) is 0 Å². The zero-order valence-corrected chi connectivity index (χ0v) is 7.40. The molecular formula is C7H5AsO3. The Labute approximate surface area is 70.0 Å². The van der Waals surface area contributed by atoms with Crippen LogP contribution in [0.4, 0.5) is 0 Å². The summed E-state index contributed by atoms with van der Waals surface area (Å²) in [4.78, 5) is 10.3. The predicted octanol–water partition coefficient (Wildman–Crippen LogP) is 0.0598. The fourth-order valence-electron chi connectivity index (χ4n) is 0.665. The van der Waals surface area contributed by atoms with Crippen LogP contribution in [-0.4, -0.2) is 26.8 Å². The maximum atomic E-state index is 10.4. The van der Waals surface area contributed by atoms with Gasteiger partial charge in [0.1, 0.15) is 0 Å². The molecule has 3 nitrogen and oxygen atoms in total. The molecule has 0 radical (unpaired) electrons. The van der Waals surface area contributed by atoms with Crippen molar-refractivity contribution >= 4 is 26.0 Å². The van der Waals surface area contributed by atoms with E-state index in [1.54, 1.807) is 12.1 Å². The average Bonchev–Trinajstić information content (AvgIpc) is 2.05. The number of hydrogen-bond donors (Lipinski definition) is 1. The number of benzene rings is 1. The summed E-state index contributed by atoms with van der Waals surface area (Å²) in [5, 5.41) is 8.48. The van der Waals surface area contributed by atoms with Crippen molar-refractivity contribution in [3.8, 4) is 0 Å². The van der Waals surface area contributed by atoms with Gasteiger partial charge in [-0.05, 0) is 0 Å². The molecule has 0 bridgehead atoms. The Morgan fingerprint density at radius 3 is 2.18 bits per heavy atom. The minimum atomic E-state index is -1.04. The molecule has 0 atom stereocenters. The molecule has 0 spiro atoms. The van der Waals surface area contributed by atoms with E-state index in [0.29, 0.717) is 4.35 Å². The molecule has 4 heteroatoms. The second-order valence-electron chi connectivity index (χ2n) is 1.94. The summed E-state index contributed by atoms with van der Waals surface area (Å²) < 4.78 is 11.1. The summed E-state index contributed by atoms with van der Waals surface area (Å²) in [6.07, 6.45) is 0. The molecule has 1 aromatic carbocycles. The van der Waals surface area contributed by atoms with Gasteiger partial charge in [-0.1, -0.05) is 0 Å². The zero-order chi connectivity index (χ0) is 8.27. The van der Waals surface area contributed by atoms with E-state index in [1.807, 2.05) is 0 Å². The van der Waals surface area contributed by atoms with Crippen molar-refractivity contribution in [3.63, 3.8) is 0 Å². The molecule has 0 amide bonds. The van der Waals surface area contributed by atoms with Gasteiger partial charge in [-0.25, -0.2) is 0 Å². The van der Waals surface area contributed by atoms with Crippen molar-refractivity contribution in [2.45, 2.75) is 0 Å². The number of aromatic carboxylic acids is 1. The number of rotatable bonds is 2. The van der Waals surface area contributed by atoms with Crippen LogP contribution in [0.5, 0.6) is 0 Å². The van der Waals surface area contributed by atoms with Crippen LogP contribution in [0.1, 0.15) is 10.4 Å². The number of carboxylic acids is 1. The Morgan fingerprint density at radius 2 is 1.82 bits per heavy atom. The van der Waals surface area contributed by atoms with Gasteiger partial charge in [0, 0.05) is 0 Å². The quantitative estimate of drug-likeness (QED) is 0.705. The first kappa shape index (κ1) is 8.15. The van der Waals surface area contributed by atoms with Crippen molar-refractivity contribution in [2.24, 2.45) is 0 Å². The molecule has 1 aromatic rings. The van der Waals surface area contributed by atoms with Crippen LogP contribution in [0, 0.1) is 0 Å². The summed E-state index contributed by atoms with van der Waals surface area (Å²) in [5.74, 6) is -0.960. The zero-order valence-electron chi connectivity index (χ0n) is 5.52. The summed E-state index contributed by atoms with van der Waals surface area (Å²) >= 11 is -1.04. The van der Waals surface area contributed by atoms with Crippen molar-refractivity contribution in [1.29, 1.82) is 0 Å². The van der Waals surface area contributed by atoms with Crippen LogP contribution < -0.4 is 4.35 Å². The molecule has 0 aliphatic heterocycles. The van der Waals surface area contributed by atoms with E-state index in [-0.39, 0.29) is 5.56 Å². The molecule has 0 aliphatic rings. The monoisotopic (exact) mass is 212 g/mol. The van der Waals surface area contributed by atoms with Gasteiger partial charge in [-0.3, -0.25) is 0 Å². The summed E-state index contributed by atoms with van der Waals surface area (Å²) in [5.41, 5.74) is 0.225. The van der Waals surface area contributed by atoms with Crippen LogP contribution >= 0.6 is 0 Å². The van der Waals surface area contributed by atoms with Gasteiger partial charge in [0.25, 0.3) is 0 Å². The SMILES string of the molecule is O=[As]c1ccc(C(=O)O)cc1. The Hall–Kier alpha value is -0.952. The molecule has 0 fully saturated rings. The number of carbonyl (C=O) groups is 1. The average molecular weight is 212 g/mol. The van der Waals surface area contributed by atoms with E-state index in [1.165, 1.54) is 12.1 Å². The van der Waals surface area contributed by atoms with Crippen molar-refractivity contribution < 1.29 is 13.6 Å². The van der Waals surface area contributed by atoms with Gasteiger partial charge >= 0.3 is 69.5 Å². The van der Waals surface area contributed by atoms with E-state index < -0.39 is 21.7 Å². The molecule has 0 unspecified atom stereocenters. The molecule has 0 saturated carbocycles. The van der Waals surface area contributed by atoms with Gasteiger partial charge in [0.15, 0.2) is 0 Å². The van der Waals surface area contributed by atoms with E-state index in [0.717, 1.165) is 0 Å². The first-order chi connectivity index (χ1) is 5.24. The van der Waals surface area contributed by atoms with Gasteiger partial charge in [0.05, 0.1) is 0 Å². The third-order valence-corrected chi connectivity index (χ3v) is 2.29. The van der Waals surface area contributed by atoms with Crippen LogP contribution in [-0.2, 0) is 3.74 Å². The maximum absolute atomic E-state index is 10.4. The molecule has 56 valence electrons. The molecule has 0 aliphatic carbocycles. The number of hydrogen-bond acceptors (Lipinski definition) is 2. The Balaban J connectivity index is 3.00. The Kier molecular flexibility index (Phi) is 2.55. The van der Waals surface area contributed by atoms with Crippen molar-refractivity contribution in [1.82, 2.24) is 0 Å². The number of carboxylic acid groups (broad SMARTS) is 1. The summed E-state index contributed by atoms with van der Waals surface area (Å²) in [7, 11) is 0. The van der Waals surface area contributed by atoms with Crippen LogP contribution in [0.25, 0.3) is 0 Å². The normalized spacial score (nSPS) is 9.82. The predicted molar refractivity (Wildman–Crippen MR) is 39.5 cm³/mol. The standard InChI is InChI=1S/C7H5AsO3/c9-7(10)5-1-3-6(8-11)4-2-5/h1-4H,(H,9,10). The third-order valence-electron chi connectivity index (χ3n) is 1.22. The molecule has 11 heavy (non-hydrogen) atoms. The fraction of sp³-hybridized carbons (Fsp3) is 0. The second-order valence-corrected chi connectivity index (χ2v) is 3.41. The van der Waals surface area contributed by atoms with E-state index in [9.17, 15) is 8.53 Å². The van der Waals surface area contributed by atoms with Gasteiger partial charge < -0.3 is 0 Å². The Morgan fingerprint density at radius 1 is 1.27 bits per heavy atom. The summed E-state index contributed by atoms with van der Waals surface area (Å²) in [6.45, 7) is 0. The van der Waals surface area contributed by atoms with E-state index >= 15 is 0 Å². The van der Waals surface area contributed by atoms with Crippen LogP contribution in [0.15, 0.2) is 24.3 Å². The third kappa shape index (κ3) is 1.99. The van der Waals surface area contributed by atoms with E-state index in [4.69, 9.17) is 5.11 Å². The second kappa shape index (κ2) is 3.44. The van der Waals surface area contributed by atoms with Gasteiger partial charge in [-0.2, -0.15) is 0 Å². The van der Waals surface area contributed by atoms with Gasteiger partial charge in [0.2, 0.25) is 0 Å². The first-order valence-electron chi connectivity index (χ1n) is 2.91. The van der Waals surface area contributed by atoms with Gasteiger partial charge in [-0.15, -0.1) is 0 Å². The van der Waals surface area contributed by atoms with E-state index in [2.05, 4.69) is 0 Å². The van der Waals surface area contributed by atoms with Crippen molar-refractivity contribution in [3.05, 3.63) is 29.8 Å². The molecular weight excluding hydrogens is 207 g/mol. The molecule has 0 heterocycles. The van der Waals surface area contributed by atoms with Crippen LogP contribution in [0.3, 0.4) is 0 Å².